The number of aliphatic carboxylic acids is 1. The summed E-state index contributed by atoms with van der Waals surface area (Å²) >= 11 is 0. The Morgan fingerprint density at radius 2 is 1.94 bits per heavy atom. The summed E-state index contributed by atoms with van der Waals surface area (Å²) in [4.78, 5) is 10.5. The van der Waals surface area contributed by atoms with Gasteiger partial charge in [0.2, 0.25) is 0 Å². The van der Waals surface area contributed by atoms with Crippen molar-refractivity contribution in [1.29, 1.82) is 0 Å². The van der Waals surface area contributed by atoms with E-state index < -0.39 is 12.0 Å². The molecule has 1 unspecified atom stereocenters. The highest BCUT2D eigenvalue weighted by Crippen LogP contribution is 1.99. The van der Waals surface area contributed by atoms with Gasteiger partial charge in [-0.1, -0.05) is 26.7 Å². The summed E-state index contributed by atoms with van der Waals surface area (Å²) in [6.07, 6.45) is 5.00. The van der Waals surface area contributed by atoms with E-state index in [1.165, 1.54) is 0 Å². The average molecular weight is 245 g/mol. The summed E-state index contributed by atoms with van der Waals surface area (Å²) in [7, 11) is 0. The standard InChI is InChI=1S/C12H27N3O2/c1-3-7-11(14-4-2)15-9-6-5-8-10(13)12(16)17/h10-11,14-15H,3-9,13H2,1-2H3,(H,16,17)/t10-,11?/m1/s1. The maximum atomic E-state index is 10.5. The monoisotopic (exact) mass is 245 g/mol. The highest BCUT2D eigenvalue weighted by molar-refractivity contribution is 5.72. The minimum Gasteiger partial charge on any atom is -0.480 e. The number of hydrogen-bond donors (Lipinski definition) is 4. The van der Waals surface area contributed by atoms with Gasteiger partial charge in [-0.2, -0.15) is 0 Å². The highest BCUT2D eigenvalue weighted by atomic mass is 16.4. The number of carboxylic acids is 1. The first-order valence-electron chi connectivity index (χ1n) is 6.56. The van der Waals surface area contributed by atoms with Crippen LogP contribution < -0.4 is 16.4 Å². The first kappa shape index (κ1) is 16.4. The fourth-order valence-corrected chi connectivity index (χ4v) is 1.70. The van der Waals surface area contributed by atoms with Gasteiger partial charge in [0.05, 0.1) is 6.17 Å². The molecule has 5 N–H and O–H groups in total. The quantitative estimate of drug-likeness (QED) is 0.321. The smallest absolute Gasteiger partial charge is 0.320 e. The van der Waals surface area contributed by atoms with Crippen LogP contribution in [0, 0.1) is 0 Å². The van der Waals surface area contributed by atoms with Crippen LogP contribution in [0.15, 0.2) is 0 Å². The predicted octanol–water partition coefficient (Wildman–Crippen LogP) is 0.894. The van der Waals surface area contributed by atoms with Gasteiger partial charge < -0.3 is 21.5 Å². The molecule has 0 spiro atoms. The molecule has 0 aliphatic carbocycles. The summed E-state index contributed by atoms with van der Waals surface area (Å²) in [6, 6.07) is -0.713. The van der Waals surface area contributed by atoms with Crippen molar-refractivity contribution in [3.05, 3.63) is 0 Å². The molecule has 5 nitrogen and oxygen atoms in total. The van der Waals surface area contributed by atoms with Crippen molar-refractivity contribution in [2.45, 2.75) is 58.2 Å². The zero-order valence-electron chi connectivity index (χ0n) is 11.0. The molecule has 0 amide bonds. The van der Waals surface area contributed by atoms with Crippen molar-refractivity contribution < 1.29 is 9.90 Å². The topological polar surface area (TPSA) is 87.4 Å². The molecule has 5 heteroatoms. The third-order valence-corrected chi connectivity index (χ3v) is 2.68. The Morgan fingerprint density at radius 3 is 2.47 bits per heavy atom. The van der Waals surface area contributed by atoms with E-state index in [4.69, 9.17) is 10.8 Å². The van der Waals surface area contributed by atoms with Gasteiger partial charge in [0, 0.05) is 0 Å². The van der Waals surface area contributed by atoms with Gasteiger partial charge in [0.1, 0.15) is 6.04 Å². The second-order valence-corrected chi connectivity index (χ2v) is 4.29. The molecule has 0 aromatic heterocycles. The van der Waals surface area contributed by atoms with Crippen molar-refractivity contribution >= 4 is 5.97 Å². The number of rotatable bonds is 11. The zero-order chi connectivity index (χ0) is 13.1. The minimum atomic E-state index is -0.908. The van der Waals surface area contributed by atoms with Crippen LogP contribution in [-0.4, -0.2) is 36.4 Å². The van der Waals surface area contributed by atoms with Gasteiger partial charge in [0.25, 0.3) is 0 Å². The van der Waals surface area contributed by atoms with E-state index in [0.717, 1.165) is 38.8 Å². The molecule has 102 valence electrons. The molecule has 17 heavy (non-hydrogen) atoms. The second kappa shape index (κ2) is 10.5. The molecule has 0 saturated heterocycles. The van der Waals surface area contributed by atoms with E-state index in [1.54, 1.807) is 0 Å². The zero-order valence-corrected chi connectivity index (χ0v) is 11.0. The molecule has 0 bridgehead atoms. The van der Waals surface area contributed by atoms with Gasteiger partial charge in [0.15, 0.2) is 0 Å². The molecule has 0 aliphatic heterocycles. The fourth-order valence-electron chi connectivity index (χ4n) is 1.70. The maximum absolute atomic E-state index is 10.5. The number of nitrogens with one attached hydrogen (secondary N) is 2. The van der Waals surface area contributed by atoms with E-state index >= 15 is 0 Å². The lowest BCUT2D eigenvalue weighted by Crippen LogP contribution is -2.42. The molecule has 0 saturated carbocycles. The number of nitrogens with two attached hydrogens (primary N) is 1. The van der Waals surface area contributed by atoms with Crippen molar-refractivity contribution in [2.75, 3.05) is 13.1 Å². The van der Waals surface area contributed by atoms with Gasteiger partial charge in [-0.25, -0.2) is 0 Å². The largest absolute Gasteiger partial charge is 0.480 e. The lowest BCUT2D eigenvalue weighted by atomic mass is 10.1. The number of unbranched alkanes of at least 4 members (excludes halogenated alkanes) is 1. The first-order chi connectivity index (χ1) is 8.11. The molecule has 0 aliphatic rings. The van der Waals surface area contributed by atoms with Crippen molar-refractivity contribution in [2.24, 2.45) is 5.73 Å². The second-order valence-electron chi connectivity index (χ2n) is 4.29. The third kappa shape index (κ3) is 9.09. The van der Waals surface area contributed by atoms with Crippen LogP contribution in [0.1, 0.15) is 46.0 Å². The summed E-state index contributed by atoms with van der Waals surface area (Å²) in [6.45, 7) is 6.12. The Labute approximate surface area is 104 Å². The van der Waals surface area contributed by atoms with E-state index in [2.05, 4.69) is 24.5 Å². The van der Waals surface area contributed by atoms with Crippen LogP contribution in [-0.2, 0) is 4.79 Å². The molecule has 2 atom stereocenters. The molecular weight excluding hydrogens is 218 g/mol. The van der Waals surface area contributed by atoms with Crippen molar-refractivity contribution in [3.63, 3.8) is 0 Å². The third-order valence-electron chi connectivity index (χ3n) is 2.68. The lowest BCUT2D eigenvalue weighted by molar-refractivity contribution is -0.138. The van der Waals surface area contributed by atoms with Crippen LogP contribution in [0.25, 0.3) is 0 Å². The molecule has 0 fully saturated rings. The van der Waals surface area contributed by atoms with Crippen molar-refractivity contribution in [3.8, 4) is 0 Å². The molecule has 0 rings (SSSR count). The predicted molar refractivity (Wildman–Crippen MR) is 69.8 cm³/mol. The number of hydrogen-bond acceptors (Lipinski definition) is 4. The van der Waals surface area contributed by atoms with Crippen LogP contribution >= 0.6 is 0 Å². The normalized spacial score (nSPS) is 14.5. The van der Waals surface area contributed by atoms with Gasteiger partial charge in [-0.05, 0) is 32.4 Å². The molecule has 0 aromatic carbocycles. The Morgan fingerprint density at radius 1 is 1.24 bits per heavy atom. The molecular formula is C12H27N3O2. The number of carboxylic acid groups (broad SMARTS) is 1. The molecule has 0 aromatic rings. The van der Waals surface area contributed by atoms with Gasteiger partial charge in [-0.3, -0.25) is 4.79 Å². The average Bonchev–Trinajstić information content (AvgIpc) is 2.28. The summed E-state index contributed by atoms with van der Waals surface area (Å²) < 4.78 is 0. The first-order valence-corrected chi connectivity index (χ1v) is 6.56. The highest BCUT2D eigenvalue weighted by Gasteiger charge is 2.10. The summed E-state index contributed by atoms with van der Waals surface area (Å²) in [5.74, 6) is -0.908. The van der Waals surface area contributed by atoms with E-state index in [9.17, 15) is 4.79 Å². The van der Waals surface area contributed by atoms with Crippen LogP contribution in [0.5, 0.6) is 0 Å². The lowest BCUT2D eigenvalue weighted by Gasteiger charge is -2.18. The Hall–Kier alpha value is -0.650. The fraction of sp³-hybridized carbons (Fsp3) is 0.917. The van der Waals surface area contributed by atoms with Gasteiger partial charge in [-0.15, -0.1) is 0 Å². The summed E-state index contributed by atoms with van der Waals surface area (Å²) in [5.41, 5.74) is 5.42. The van der Waals surface area contributed by atoms with Crippen LogP contribution in [0.2, 0.25) is 0 Å². The van der Waals surface area contributed by atoms with Crippen LogP contribution in [0.4, 0.5) is 0 Å². The minimum absolute atomic E-state index is 0.373. The number of carbonyl (C=O) groups is 1. The van der Waals surface area contributed by atoms with E-state index in [0.29, 0.717) is 12.6 Å². The van der Waals surface area contributed by atoms with E-state index in [-0.39, 0.29) is 0 Å². The summed E-state index contributed by atoms with van der Waals surface area (Å²) in [5, 5.41) is 15.4. The van der Waals surface area contributed by atoms with E-state index in [1.807, 2.05) is 0 Å². The molecule has 0 heterocycles. The SMILES string of the molecule is CCCC(NCC)NCCCC[C@@H](N)C(=O)O. The maximum Gasteiger partial charge on any atom is 0.320 e. The van der Waals surface area contributed by atoms with Crippen molar-refractivity contribution in [1.82, 2.24) is 10.6 Å². The van der Waals surface area contributed by atoms with Crippen LogP contribution in [0.3, 0.4) is 0 Å². The Kier molecular flexibility index (Phi) is 10.1. The molecule has 0 radical (unpaired) electrons. The Balaban J connectivity index is 3.50. The Bertz CT molecular complexity index is 194. The van der Waals surface area contributed by atoms with Gasteiger partial charge >= 0.3 is 5.97 Å².